The molecule has 0 aliphatic carbocycles. The molecule has 5 heteroatoms. The molecule has 0 amide bonds. The molecule has 0 radical (unpaired) electrons. The van der Waals surface area contributed by atoms with Crippen LogP contribution in [0, 0.1) is 0 Å². The molecule has 1 atom stereocenters. The van der Waals surface area contributed by atoms with Crippen LogP contribution in [-0.4, -0.2) is 22.5 Å². The van der Waals surface area contributed by atoms with Crippen molar-refractivity contribution < 1.29 is 5.11 Å². The summed E-state index contributed by atoms with van der Waals surface area (Å²) in [5.74, 6) is 4.08. The smallest absolute Gasteiger partial charge is 0.256 e. The van der Waals surface area contributed by atoms with E-state index in [1.54, 1.807) is 12.1 Å². The number of aromatic amines is 1. The molecule has 0 fully saturated rings. The first-order valence-electron chi connectivity index (χ1n) is 5.25. The molecule has 1 unspecified atom stereocenters. The van der Waals surface area contributed by atoms with Gasteiger partial charge in [0.1, 0.15) is 5.75 Å². The zero-order valence-corrected chi connectivity index (χ0v) is 10.3. The van der Waals surface area contributed by atoms with Gasteiger partial charge in [0, 0.05) is 23.0 Å². The monoisotopic (exact) mass is 250 g/mol. The molecule has 1 heterocycles. The van der Waals surface area contributed by atoms with Crippen LogP contribution in [-0.2, 0) is 0 Å². The highest BCUT2D eigenvalue weighted by atomic mass is 32.2. The van der Waals surface area contributed by atoms with Crippen LogP contribution in [0.25, 0.3) is 10.8 Å². The average molecular weight is 250 g/mol. The van der Waals surface area contributed by atoms with E-state index in [1.165, 1.54) is 6.20 Å². The second-order valence-electron chi connectivity index (χ2n) is 3.60. The third-order valence-corrected chi connectivity index (χ3v) is 3.91. The van der Waals surface area contributed by atoms with Crippen LogP contribution < -0.4 is 10.3 Å². The van der Waals surface area contributed by atoms with Crippen LogP contribution in [0.2, 0.25) is 0 Å². The Kier molecular flexibility index (Phi) is 3.31. The predicted octanol–water partition coefficient (Wildman–Crippen LogP) is 1.82. The standard InChI is InChI=1S/C12H14N2O2S/c1-3-14-17(2)8-4-5-9-10(6-8)12(16)13-7-11(9)15/h4-7,14-15H,2-3H2,1H3,(H,13,16). The van der Waals surface area contributed by atoms with Crippen molar-refractivity contribution >= 4 is 27.3 Å². The average Bonchev–Trinajstić information content (AvgIpc) is 2.34. The van der Waals surface area contributed by atoms with Crippen molar-refractivity contribution in [1.29, 1.82) is 0 Å². The Labute approximate surface area is 101 Å². The lowest BCUT2D eigenvalue weighted by atomic mass is 10.1. The molecule has 0 bridgehead atoms. The first-order valence-corrected chi connectivity index (χ1v) is 6.64. The fourth-order valence-electron chi connectivity index (χ4n) is 1.63. The van der Waals surface area contributed by atoms with E-state index in [1.807, 2.05) is 13.0 Å². The van der Waals surface area contributed by atoms with Gasteiger partial charge < -0.3 is 10.1 Å². The van der Waals surface area contributed by atoms with E-state index in [0.29, 0.717) is 10.8 Å². The highest BCUT2D eigenvalue weighted by Gasteiger charge is 2.05. The summed E-state index contributed by atoms with van der Waals surface area (Å²) in [5.41, 5.74) is -0.201. The lowest BCUT2D eigenvalue weighted by molar-refractivity contribution is 0.479. The number of rotatable bonds is 3. The zero-order chi connectivity index (χ0) is 12.4. The third-order valence-electron chi connectivity index (χ3n) is 2.45. The molecule has 1 aromatic heterocycles. The van der Waals surface area contributed by atoms with Crippen molar-refractivity contribution in [3.63, 3.8) is 0 Å². The van der Waals surface area contributed by atoms with Gasteiger partial charge >= 0.3 is 0 Å². The van der Waals surface area contributed by atoms with Gasteiger partial charge in [-0.1, -0.05) is 23.5 Å². The van der Waals surface area contributed by atoms with Crippen LogP contribution in [0.4, 0.5) is 0 Å². The molecule has 0 aliphatic heterocycles. The van der Waals surface area contributed by atoms with Crippen LogP contribution in [0.5, 0.6) is 5.75 Å². The fraction of sp³-hybridized carbons (Fsp3) is 0.167. The molecule has 2 aromatic rings. The van der Waals surface area contributed by atoms with Crippen molar-refractivity contribution in [3.8, 4) is 5.75 Å². The highest BCUT2D eigenvalue weighted by Crippen LogP contribution is 2.27. The summed E-state index contributed by atoms with van der Waals surface area (Å²) in [7, 11) is -0.339. The van der Waals surface area contributed by atoms with Gasteiger partial charge in [0.25, 0.3) is 5.56 Å². The number of hydrogen-bond donors (Lipinski definition) is 3. The van der Waals surface area contributed by atoms with E-state index in [-0.39, 0.29) is 22.0 Å². The van der Waals surface area contributed by atoms with Crippen LogP contribution >= 0.6 is 10.7 Å². The molecule has 3 N–H and O–H groups in total. The van der Waals surface area contributed by atoms with Gasteiger partial charge in [0.2, 0.25) is 0 Å². The maximum absolute atomic E-state index is 11.7. The van der Waals surface area contributed by atoms with Crippen LogP contribution in [0.1, 0.15) is 6.92 Å². The molecule has 0 saturated carbocycles. The zero-order valence-electron chi connectivity index (χ0n) is 9.49. The first-order chi connectivity index (χ1) is 8.13. The van der Waals surface area contributed by atoms with E-state index in [2.05, 4.69) is 15.6 Å². The molecule has 90 valence electrons. The van der Waals surface area contributed by atoms with Gasteiger partial charge in [-0.15, -0.1) is 0 Å². The molecule has 1 aromatic carbocycles. The van der Waals surface area contributed by atoms with Gasteiger partial charge in [-0.05, 0) is 18.2 Å². The van der Waals surface area contributed by atoms with Crippen molar-refractivity contribution in [3.05, 3.63) is 34.7 Å². The molecule has 0 saturated heterocycles. The highest BCUT2D eigenvalue weighted by molar-refractivity contribution is 8.12. The predicted molar refractivity (Wildman–Crippen MR) is 72.9 cm³/mol. The number of aromatic nitrogens is 1. The lowest BCUT2D eigenvalue weighted by Crippen LogP contribution is -2.07. The van der Waals surface area contributed by atoms with E-state index >= 15 is 0 Å². The number of aromatic hydroxyl groups is 1. The lowest BCUT2D eigenvalue weighted by Gasteiger charge is -2.09. The summed E-state index contributed by atoms with van der Waals surface area (Å²) in [6.45, 7) is 2.83. The number of H-pyrrole nitrogens is 1. The molecule has 17 heavy (non-hydrogen) atoms. The minimum atomic E-state index is -0.339. The number of fused-ring (bicyclic) bond motifs is 1. The summed E-state index contributed by atoms with van der Waals surface area (Å²) in [5, 5.41) is 10.7. The normalized spacial score (nSPS) is 12.8. The molecule has 0 spiro atoms. The number of nitrogens with one attached hydrogen (secondary N) is 2. The Morgan fingerprint density at radius 3 is 2.94 bits per heavy atom. The Morgan fingerprint density at radius 1 is 1.47 bits per heavy atom. The Bertz CT molecular complexity index is 634. The third kappa shape index (κ3) is 2.25. The number of benzene rings is 1. The van der Waals surface area contributed by atoms with E-state index in [9.17, 15) is 9.90 Å². The summed E-state index contributed by atoms with van der Waals surface area (Å²) < 4.78 is 3.20. The molecule has 0 aliphatic rings. The van der Waals surface area contributed by atoms with Gasteiger partial charge in [-0.3, -0.25) is 9.52 Å². The van der Waals surface area contributed by atoms with Crippen LogP contribution in [0.3, 0.4) is 0 Å². The summed E-state index contributed by atoms with van der Waals surface area (Å²) in [6.07, 6.45) is 1.30. The number of pyridine rings is 1. The van der Waals surface area contributed by atoms with E-state index in [0.717, 1.165) is 11.4 Å². The fourth-order valence-corrected chi connectivity index (χ4v) is 2.64. The molecule has 4 nitrogen and oxygen atoms in total. The van der Waals surface area contributed by atoms with Crippen molar-refractivity contribution in [2.24, 2.45) is 0 Å². The second-order valence-corrected chi connectivity index (χ2v) is 5.14. The summed E-state index contributed by atoms with van der Waals surface area (Å²) >= 11 is 0. The maximum Gasteiger partial charge on any atom is 0.256 e. The van der Waals surface area contributed by atoms with Crippen LogP contribution in [0.15, 0.2) is 34.1 Å². The molecule has 2 rings (SSSR count). The SMILES string of the molecule is C=S(NCC)c1ccc2c(O)c[nH]c(=O)c2c1. The Balaban J connectivity index is 2.62. The Morgan fingerprint density at radius 2 is 2.24 bits per heavy atom. The van der Waals surface area contributed by atoms with Crippen molar-refractivity contribution in [2.45, 2.75) is 11.8 Å². The van der Waals surface area contributed by atoms with Crippen molar-refractivity contribution in [2.75, 3.05) is 6.54 Å². The van der Waals surface area contributed by atoms with E-state index < -0.39 is 0 Å². The Hall–Kier alpha value is -1.59. The topological polar surface area (TPSA) is 65.1 Å². The van der Waals surface area contributed by atoms with E-state index in [4.69, 9.17) is 0 Å². The summed E-state index contributed by atoms with van der Waals surface area (Å²) in [6, 6.07) is 5.39. The summed E-state index contributed by atoms with van der Waals surface area (Å²) in [4.78, 5) is 15.1. The largest absolute Gasteiger partial charge is 0.506 e. The minimum Gasteiger partial charge on any atom is -0.506 e. The minimum absolute atomic E-state index is 0.0820. The van der Waals surface area contributed by atoms with Gasteiger partial charge in [-0.25, -0.2) is 0 Å². The molecular weight excluding hydrogens is 236 g/mol. The first kappa shape index (κ1) is 11.9. The van der Waals surface area contributed by atoms with Crippen molar-refractivity contribution in [1.82, 2.24) is 9.71 Å². The van der Waals surface area contributed by atoms with Gasteiger partial charge in [-0.2, -0.15) is 0 Å². The molecular formula is C12H14N2O2S. The van der Waals surface area contributed by atoms with Gasteiger partial charge in [0.15, 0.2) is 0 Å². The quantitative estimate of drug-likeness (QED) is 0.728. The maximum atomic E-state index is 11.7. The second kappa shape index (κ2) is 4.73. The number of hydrogen-bond acceptors (Lipinski definition) is 3. The van der Waals surface area contributed by atoms with Gasteiger partial charge in [0.05, 0.1) is 5.39 Å².